The van der Waals surface area contributed by atoms with E-state index >= 15 is 0 Å². The average molecular weight is 251 g/mol. The van der Waals surface area contributed by atoms with Gasteiger partial charge in [0, 0.05) is 18.7 Å². The van der Waals surface area contributed by atoms with Crippen LogP contribution in [-0.4, -0.2) is 31.0 Å². The van der Waals surface area contributed by atoms with Crippen LogP contribution in [0.5, 0.6) is 5.75 Å². The highest BCUT2D eigenvalue weighted by Crippen LogP contribution is 2.18. The van der Waals surface area contributed by atoms with Crippen LogP contribution in [0.4, 0.5) is 0 Å². The second-order valence-corrected chi connectivity index (χ2v) is 3.66. The molecule has 1 aromatic rings. The topological polar surface area (TPSA) is 29.5 Å². The zero-order valence-electron chi connectivity index (χ0n) is 12.4. The largest absolute Gasteiger partial charge is 0.497 e. The first-order chi connectivity index (χ1) is 8.63. The van der Waals surface area contributed by atoms with Gasteiger partial charge in [0.15, 0.2) is 0 Å². The molecule has 0 aliphatic rings. The van der Waals surface area contributed by atoms with Crippen LogP contribution in [0.2, 0.25) is 0 Å². The van der Waals surface area contributed by atoms with E-state index in [0.29, 0.717) is 0 Å². The lowest BCUT2D eigenvalue weighted by molar-refractivity contribution is 0.0772. The Hall–Kier alpha value is -1.51. The number of hydrogen-bond donors (Lipinski definition) is 0. The fourth-order valence-corrected chi connectivity index (χ4v) is 1.68. The van der Waals surface area contributed by atoms with Gasteiger partial charge in [-0.3, -0.25) is 4.79 Å². The fourth-order valence-electron chi connectivity index (χ4n) is 1.68. The first kappa shape index (κ1) is 16.5. The van der Waals surface area contributed by atoms with Crippen LogP contribution in [0, 0.1) is 6.92 Å². The van der Waals surface area contributed by atoms with E-state index in [4.69, 9.17) is 4.74 Å². The molecule has 0 aliphatic heterocycles. The van der Waals surface area contributed by atoms with Crippen LogP contribution in [0.3, 0.4) is 0 Å². The molecule has 3 heteroatoms. The number of methoxy groups -OCH3 is 1. The van der Waals surface area contributed by atoms with Crippen molar-refractivity contribution in [3.05, 3.63) is 29.3 Å². The molecule has 0 saturated carbocycles. The van der Waals surface area contributed by atoms with E-state index in [1.807, 2.05) is 57.7 Å². The molecule has 102 valence electrons. The fraction of sp³-hybridized carbons (Fsp3) is 0.533. The number of hydrogen-bond acceptors (Lipinski definition) is 2. The Balaban J connectivity index is 0.00000137. The van der Waals surface area contributed by atoms with Gasteiger partial charge in [0.05, 0.1) is 7.11 Å². The molecule has 1 rings (SSSR count). The third-order valence-electron chi connectivity index (χ3n) is 2.71. The lowest BCUT2D eigenvalue weighted by Crippen LogP contribution is -2.30. The molecule has 0 N–H and O–H groups in total. The van der Waals surface area contributed by atoms with E-state index in [0.717, 1.165) is 30.0 Å². The van der Waals surface area contributed by atoms with Crippen molar-refractivity contribution in [2.75, 3.05) is 20.2 Å². The van der Waals surface area contributed by atoms with Crippen molar-refractivity contribution in [2.45, 2.75) is 34.6 Å². The monoisotopic (exact) mass is 251 g/mol. The second kappa shape index (κ2) is 8.56. The Kier molecular flexibility index (Phi) is 7.84. The quantitative estimate of drug-likeness (QED) is 0.819. The number of rotatable bonds is 4. The summed E-state index contributed by atoms with van der Waals surface area (Å²) >= 11 is 0. The van der Waals surface area contributed by atoms with Gasteiger partial charge < -0.3 is 9.64 Å². The molecule has 0 atom stereocenters. The van der Waals surface area contributed by atoms with Crippen molar-refractivity contribution < 1.29 is 9.53 Å². The SMILES string of the molecule is CC.CCN(CC)C(=O)c1ccc(OC)cc1C. The number of carbonyl (C=O) groups is 1. The maximum atomic E-state index is 12.1. The minimum absolute atomic E-state index is 0.0881. The highest BCUT2D eigenvalue weighted by atomic mass is 16.5. The van der Waals surface area contributed by atoms with Gasteiger partial charge in [0.25, 0.3) is 5.91 Å². The number of benzene rings is 1. The van der Waals surface area contributed by atoms with Crippen LogP contribution in [0.25, 0.3) is 0 Å². The summed E-state index contributed by atoms with van der Waals surface area (Å²) in [5.74, 6) is 0.874. The molecular formula is C15H25NO2. The molecule has 3 nitrogen and oxygen atoms in total. The summed E-state index contributed by atoms with van der Waals surface area (Å²) in [6, 6.07) is 5.54. The third-order valence-corrected chi connectivity index (χ3v) is 2.71. The maximum absolute atomic E-state index is 12.1. The first-order valence-electron chi connectivity index (χ1n) is 6.57. The normalized spacial score (nSPS) is 9.22. The van der Waals surface area contributed by atoms with Crippen LogP contribution >= 0.6 is 0 Å². The average Bonchev–Trinajstić information content (AvgIpc) is 2.42. The molecule has 0 aromatic heterocycles. The van der Waals surface area contributed by atoms with E-state index in [2.05, 4.69) is 0 Å². The maximum Gasteiger partial charge on any atom is 0.254 e. The minimum atomic E-state index is 0.0881. The summed E-state index contributed by atoms with van der Waals surface area (Å²) in [6.45, 7) is 11.4. The lowest BCUT2D eigenvalue weighted by Gasteiger charge is -2.19. The minimum Gasteiger partial charge on any atom is -0.497 e. The van der Waals surface area contributed by atoms with E-state index < -0.39 is 0 Å². The van der Waals surface area contributed by atoms with Crippen LogP contribution < -0.4 is 4.74 Å². The summed E-state index contributed by atoms with van der Waals surface area (Å²) in [5.41, 5.74) is 1.71. The van der Waals surface area contributed by atoms with Gasteiger partial charge in [-0.05, 0) is 44.5 Å². The predicted octanol–water partition coefficient (Wildman–Crippen LogP) is 3.51. The van der Waals surface area contributed by atoms with Crippen molar-refractivity contribution in [1.82, 2.24) is 4.90 Å². The van der Waals surface area contributed by atoms with Gasteiger partial charge >= 0.3 is 0 Å². The standard InChI is InChI=1S/C13H19NO2.C2H6/c1-5-14(6-2)13(15)12-8-7-11(16-4)9-10(12)3;1-2/h7-9H,5-6H2,1-4H3;1-2H3. The van der Waals surface area contributed by atoms with Gasteiger partial charge in [-0.1, -0.05) is 13.8 Å². The molecule has 0 saturated heterocycles. The molecular weight excluding hydrogens is 226 g/mol. The molecule has 1 aromatic carbocycles. The Morgan fingerprint density at radius 2 is 1.78 bits per heavy atom. The van der Waals surface area contributed by atoms with Crippen molar-refractivity contribution in [3.63, 3.8) is 0 Å². The molecule has 0 fully saturated rings. The molecule has 0 bridgehead atoms. The molecule has 0 spiro atoms. The Bertz CT molecular complexity index is 371. The number of nitrogens with zero attached hydrogens (tertiary/aromatic N) is 1. The number of aryl methyl sites for hydroxylation is 1. The van der Waals surface area contributed by atoms with Crippen molar-refractivity contribution in [3.8, 4) is 5.75 Å². The van der Waals surface area contributed by atoms with Crippen molar-refractivity contribution >= 4 is 5.91 Å². The zero-order valence-corrected chi connectivity index (χ0v) is 12.4. The second-order valence-electron chi connectivity index (χ2n) is 3.66. The Morgan fingerprint density at radius 3 is 2.17 bits per heavy atom. The Morgan fingerprint density at radius 1 is 1.22 bits per heavy atom. The molecule has 0 heterocycles. The van der Waals surface area contributed by atoms with Crippen molar-refractivity contribution in [2.24, 2.45) is 0 Å². The number of carbonyl (C=O) groups excluding carboxylic acids is 1. The highest BCUT2D eigenvalue weighted by Gasteiger charge is 2.14. The molecule has 1 amide bonds. The summed E-state index contributed by atoms with van der Waals surface area (Å²) in [5, 5.41) is 0. The number of amides is 1. The van der Waals surface area contributed by atoms with Crippen LogP contribution in [-0.2, 0) is 0 Å². The predicted molar refractivity (Wildman–Crippen MR) is 76.3 cm³/mol. The Labute approximate surface area is 111 Å². The van der Waals surface area contributed by atoms with E-state index in [9.17, 15) is 4.79 Å². The van der Waals surface area contributed by atoms with Crippen LogP contribution in [0.1, 0.15) is 43.6 Å². The lowest BCUT2D eigenvalue weighted by atomic mass is 10.1. The van der Waals surface area contributed by atoms with Gasteiger partial charge in [0.1, 0.15) is 5.75 Å². The smallest absolute Gasteiger partial charge is 0.254 e. The van der Waals surface area contributed by atoms with Gasteiger partial charge in [-0.25, -0.2) is 0 Å². The molecule has 0 radical (unpaired) electrons. The number of ether oxygens (including phenoxy) is 1. The van der Waals surface area contributed by atoms with E-state index in [1.165, 1.54) is 0 Å². The molecule has 0 unspecified atom stereocenters. The van der Waals surface area contributed by atoms with Gasteiger partial charge in [0.2, 0.25) is 0 Å². The first-order valence-corrected chi connectivity index (χ1v) is 6.57. The zero-order chi connectivity index (χ0) is 14.1. The van der Waals surface area contributed by atoms with Gasteiger partial charge in [-0.15, -0.1) is 0 Å². The van der Waals surface area contributed by atoms with Crippen LogP contribution in [0.15, 0.2) is 18.2 Å². The molecule has 0 aliphatic carbocycles. The summed E-state index contributed by atoms with van der Waals surface area (Å²) in [4.78, 5) is 13.9. The molecule has 18 heavy (non-hydrogen) atoms. The highest BCUT2D eigenvalue weighted by molar-refractivity contribution is 5.95. The van der Waals surface area contributed by atoms with E-state index in [-0.39, 0.29) is 5.91 Å². The van der Waals surface area contributed by atoms with E-state index in [1.54, 1.807) is 7.11 Å². The summed E-state index contributed by atoms with van der Waals surface area (Å²) in [6.07, 6.45) is 0. The third kappa shape index (κ3) is 4.06. The van der Waals surface area contributed by atoms with Gasteiger partial charge in [-0.2, -0.15) is 0 Å². The summed E-state index contributed by atoms with van der Waals surface area (Å²) in [7, 11) is 1.63. The summed E-state index contributed by atoms with van der Waals surface area (Å²) < 4.78 is 5.12. The van der Waals surface area contributed by atoms with Crippen molar-refractivity contribution in [1.29, 1.82) is 0 Å².